The third-order valence-corrected chi connectivity index (χ3v) is 7.25. The monoisotopic (exact) mass is 457 g/mol. The van der Waals surface area contributed by atoms with Crippen LogP contribution < -0.4 is 4.90 Å². The van der Waals surface area contributed by atoms with Crippen LogP contribution in [0.15, 0.2) is 60.8 Å². The highest BCUT2D eigenvalue weighted by molar-refractivity contribution is 5.79. The van der Waals surface area contributed by atoms with E-state index in [0.29, 0.717) is 11.7 Å². The van der Waals surface area contributed by atoms with Crippen molar-refractivity contribution < 1.29 is 4.39 Å². The number of pyridine rings is 1. The molecule has 174 valence electrons. The molecule has 2 aliphatic rings. The third kappa shape index (κ3) is 3.92. The van der Waals surface area contributed by atoms with Gasteiger partial charge < -0.3 is 4.90 Å². The van der Waals surface area contributed by atoms with Gasteiger partial charge in [0.15, 0.2) is 5.82 Å². The number of anilines is 1. The minimum atomic E-state index is -0.167. The number of tetrazole rings is 1. The number of halogens is 1. The first-order valence-electron chi connectivity index (χ1n) is 12.1. The fourth-order valence-corrected chi connectivity index (χ4v) is 5.51. The van der Waals surface area contributed by atoms with E-state index in [1.165, 1.54) is 18.9 Å². The fraction of sp³-hybridized carbons (Fsp3) is 0.385. The Bertz CT molecular complexity index is 1270. The molecule has 0 N–H and O–H groups in total. The van der Waals surface area contributed by atoms with E-state index in [2.05, 4.69) is 59.3 Å². The average molecular weight is 458 g/mol. The lowest BCUT2D eigenvalue weighted by atomic mass is 10.0. The molecular weight excluding hydrogens is 429 g/mol. The third-order valence-electron chi connectivity index (χ3n) is 7.25. The van der Waals surface area contributed by atoms with Crippen LogP contribution in [0.4, 0.5) is 10.1 Å². The molecule has 8 heteroatoms. The molecule has 1 saturated heterocycles. The highest BCUT2D eigenvalue weighted by atomic mass is 19.1. The van der Waals surface area contributed by atoms with Crippen LogP contribution in [0.3, 0.4) is 0 Å². The number of hydrogen-bond donors (Lipinski definition) is 0. The Kier molecular flexibility index (Phi) is 5.66. The summed E-state index contributed by atoms with van der Waals surface area (Å²) < 4.78 is 16.5. The second-order valence-electron chi connectivity index (χ2n) is 9.25. The van der Waals surface area contributed by atoms with Gasteiger partial charge in [-0.2, -0.15) is 0 Å². The average Bonchev–Trinajstić information content (AvgIpc) is 3.57. The van der Waals surface area contributed by atoms with Crippen molar-refractivity contribution in [3.8, 4) is 0 Å². The molecule has 2 fully saturated rings. The van der Waals surface area contributed by atoms with Gasteiger partial charge in [-0.1, -0.05) is 37.1 Å². The normalized spacial score (nSPS) is 18.6. The Hall–Kier alpha value is -3.39. The molecule has 3 heterocycles. The maximum atomic E-state index is 14.4. The lowest BCUT2D eigenvalue weighted by Crippen LogP contribution is -2.48. The van der Waals surface area contributed by atoms with Crippen molar-refractivity contribution >= 4 is 16.6 Å². The van der Waals surface area contributed by atoms with Gasteiger partial charge in [-0.05, 0) is 59.2 Å². The van der Waals surface area contributed by atoms with Crippen LogP contribution in [0, 0.1) is 5.82 Å². The predicted molar refractivity (Wildman–Crippen MR) is 129 cm³/mol. The van der Waals surface area contributed by atoms with Gasteiger partial charge in [-0.25, -0.2) is 9.07 Å². The first-order chi connectivity index (χ1) is 16.8. The minimum absolute atomic E-state index is 0.0667. The molecule has 4 aromatic rings. The predicted octanol–water partition coefficient (Wildman–Crippen LogP) is 4.39. The Balaban J connectivity index is 1.35. The summed E-state index contributed by atoms with van der Waals surface area (Å²) in [4.78, 5) is 9.06. The van der Waals surface area contributed by atoms with Crippen molar-refractivity contribution in [1.29, 1.82) is 0 Å². The minimum Gasteiger partial charge on any atom is -0.367 e. The van der Waals surface area contributed by atoms with Crippen LogP contribution in [-0.2, 0) is 0 Å². The number of para-hydroxylation sites is 1. The van der Waals surface area contributed by atoms with Crippen LogP contribution in [0.2, 0.25) is 0 Å². The van der Waals surface area contributed by atoms with Crippen molar-refractivity contribution in [2.45, 2.75) is 37.8 Å². The molecule has 2 aromatic heterocycles. The van der Waals surface area contributed by atoms with E-state index in [0.717, 1.165) is 61.3 Å². The number of fused-ring (bicyclic) bond motifs is 1. The molecule has 1 aliphatic heterocycles. The van der Waals surface area contributed by atoms with Crippen LogP contribution in [0.1, 0.15) is 49.2 Å². The summed E-state index contributed by atoms with van der Waals surface area (Å²) in [6.45, 7) is 3.08. The summed E-state index contributed by atoms with van der Waals surface area (Å²) in [6.07, 6.45) is 6.50. The summed E-state index contributed by atoms with van der Waals surface area (Å²) in [5.41, 5.74) is 2.81. The molecule has 0 bridgehead atoms. The van der Waals surface area contributed by atoms with E-state index in [4.69, 9.17) is 0 Å². The molecule has 1 atom stereocenters. The van der Waals surface area contributed by atoms with Crippen molar-refractivity contribution in [2.75, 3.05) is 31.1 Å². The molecule has 34 heavy (non-hydrogen) atoms. The smallest absolute Gasteiger partial charge is 0.173 e. The lowest BCUT2D eigenvalue weighted by Gasteiger charge is -2.40. The number of rotatable bonds is 5. The van der Waals surface area contributed by atoms with Crippen LogP contribution in [0.5, 0.6) is 0 Å². The molecule has 6 rings (SSSR count). The second-order valence-corrected chi connectivity index (χ2v) is 9.25. The van der Waals surface area contributed by atoms with Gasteiger partial charge in [0.25, 0.3) is 0 Å². The van der Waals surface area contributed by atoms with E-state index in [1.54, 1.807) is 6.07 Å². The first kappa shape index (κ1) is 21.2. The quantitative estimate of drug-likeness (QED) is 0.443. The van der Waals surface area contributed by atoms with Crippen LogP contribution in [-0.4, -0.2) is 56.3 Å². The number of benzene rings is 2. The van der Waals surface area contributed by atoms with Gasteiger partial charge in [0.05, 0.1) is 23.3 Å². The van der Waals surface area contributed by atoms with E-state index < -0.39 is 0 Å². The molecule has 0 unspecified atom stereocenters. The SMILES string of the molecule is Fc1ccccc1N1CCN([C@@H](c2ccc3ncccc3c2)c2nnnn2C2CCCC2)CC1. The molecule has 7 nitrogen and oxygen atoms in total. The zero-order chi connectivity index (χ0) is 22.9. The van der Waals surface area contributed by atoms with Crippen LogP contribution >= 0.6 is 0 Å². The summed E-state index contributed by atoms with van der Waals surface area (Å²) in [5, 5.41) is 14.2. The zero-order valence-corrected chi connectivity index (χ0v) is 19.1. The Morgan fingerprint density at radius 1 is 0.912 bits per heavy atom. The molecule has 1 saturated carbocycles. The summed E-state index contributed by atoms with van der Waals surface area (Å²) in [6, 6.07) is 17.8. The Labute approximate surface area is 198 Å². The molecule has 0 amide bonds. The summed E-state index contributed by atoms with van der Waals surface area (Å²) >= 11 is 0. The molecule has 0 spiro atoms. The topological polar surface area (TPSA) is 63.0 Å². The standard InChI is InChI=1S/C26H28FN7/c27-22-9-3-4-10-24(22)32-14-16-33(17-15-32)25(20-11-12-23-19(18-20)6-5-13-28-23)26-29-30-31-34(26)21-7-1-2-8-21/h3-6,9-13,18,21,25H,1-2,7-8,14-17H2/t25-/m0/s1. The van der Waals surface area contributed by atoms with Gasteiger partial charge in [0.1, 0.15) is 5.82 Å². The zero-order valence-electron chi connectivity index (χ0n) is 19.1. The lowest BCUT2D eigenvalue weighted by molar-refractivity contribution is 0.197. The fourth-order valence-electron chi connectivity index (χ4n) is 5.51. The largest absolute Gasteiger partial charge is 0.367 e. The maximum absolute atomic E-state index is 14.4. The molecular formula is C26H28FN7. The van der Waals surface area contributed by atoms with Crippen molar-refractivity contribution in [3.05, 3.63) is 78.0 Å². The first-order valence-corrected chi connectivity index (χ1v) is 12.1. The van der Waals surface area contributed by atoms with Crippen molar-refractivity contribution in [3.63, 3.8) is 0 Å². The van der Waals surface area contributed by atoms with Gasteiger partial charge >= 0.3 is 0 Å². The summed E-state index contributed by atoms with van der Waals surface area (Å²) in [7, 11) is 0. The van der Waals surface area contributed by atoms with Crippen molar-refractivity contribution in [2.24, 2.45) is 0 Å². The molecule has 2 aromatic carbocycles. The second kappa shape index (κ2) is 9.10. The summed E-state index contributed by atoms with van der Waals surface area (Å²) in [5.74, 6) is 0.731. The van der Waals surface area contributed by atoms with E-state index in [-0.39, 0.29) is 11.9 Å². The van der Waals surface area contributed by atoms with Gasteiger partial charge in [0, 0.05) is 37.8 Å². The molecule has 0 radical (unpaired) electrons. The van der Waals surface area contributed by atoms with E-state index >= 15 is 0 Å². The highest BCUT2D eigenvalue weighted by Crippen LogP contribution is 2.35. The molecule has 1 aliphatic carbocycles. The number of nitrogens with zero attached hydrogens (tertiary/aromatic N) is 7. The number of aromatic nitrogens is 5. The Morgan fingerprint density at radius 3 is 2.56 bits per heavy atom. The maximum Gasteiger partial charge on any atom is 0.173 e. The van der Waals surface area contributed by atoms with Crippen molar-refractivity contribution in [1.82, 2.24) is 30.1 Å². The van der Waals surface area contributed by atoms with Gasteiger partial charge in [-0.3, -0.25) is 9.88 Å². The van der Waals surface area contributed by atoms with Gasteiger partial charge in [0.2, 0.25) is 0 Å². The number of hydrogen-bond acceptors (Lipinski definition) is 6. The van der Waals surface area contributed by atoms with Crippen LogP contribution in [0.25, 0.3) is 10.9 Å². The van der Waals surface area contributed by atoms with E-state index in [9.17, 15) is 4.39 Å². The highest BCUT2D eigenvalue weighted by Gasteiger charge is 2.33. The van der Waals surface area contributed by atoms with Gasteiger partial charge in [-0.15, -0.1) is 5.10 Å². The number of piperazine rings is 1. The Morgan fingerprint density at radius 2 is 1.74 bits per heavy atom. The van der Waals surface area contributed by atoms with E-state index in [1.807, 2.05) is 24.4 Å².